The number of methoxy groups -OCH3 is 1. The van der Waals surface area contributed by atoms with Crippen molar-refractivity contribution in [2.24, 2.45) is 5.92 Å². The van der Waals surface area contributed by atoms with E-state index in [0.29, 0.717) is 12.2 Å². The minimum atomic E-state index is 0.282. The quantitative estimate of drug-likeness (QED) is 0.787. The Morgan fingerprint density at radius 3 is 2.45 bits per heavy atom. The summed E-state index contributed by atoms with van der Waals surface area (Å²) >= 11 is 0. The number of ether oxygens (including phenoxy) is 1. The van der Waals surface area contributed by atoms with Crippen molar-refractivity contribution in [1.29, 1.82) is 0 Å². The SMILES string of the molecule is CC(C)C.COc1cc2c(cc1C)CCN1CCC(=O)CC21. The van der Waals surface area contributed by atoms with Gasteiger partial charge in [-0.1, -0.05) is 26.8 Å². The molecule has 0 N–H and O–H groups in total. The Morgan fingerprint density at radius 2 is 1.82 bits per heavy atom. The van der Waals surface area contributed by atoms with Crippen LogP contribution in [0.3, 0.4) is 0 Å². The maximum absolute atomic E-state index is 11.7. The molecular formula is C19H29NO2. The average Bonchev–Trinajstić information content (AvgIpc) is 2.45. The van der Waals surface area contributed by atoms with Gasteiger partial charge in [-0.2, -0.15) is 0 Å². The Bertz CT molecular complexity index is 534. The molecule has 1 aromatic rings. The Kier molecular flexibility index (Phi) is 5.63. The Hall–Kier alpha value is -1.35. The van der Waals surface area contributed by atoms with E-state index in [1.54, 1.807) is 7.11 Å². The predicted molar refractivity (Wildman–Crippen MR) is 90.5 cm³/mol. The zero-order valence-electron chi connectivity index (χ0n) is 14.6. The molecule has 2 aliphatic heterocycles. The number of hydrogen-bond acceptors (Lipinski definition) is 3. The van der Waals surface area contributed by atoms with Gasteiger partial charge in [0.25, 0.3) is 0 Å². The van der Waals surface area contributed by atoms with E-state index in [2.05, 4.69) is 44.7 Å². The molecule has 2 aliphatic rings. The minimum Gasteiger partial charge on any atom is -0.496 e. The fraction of sp³-hybridized carbons (Fsp3) is 0.632. The second kappa shape index (κ2) is 7.28. The smallest absolute Gasteiger partial charge is 0.136 e. The second-order valence-electron chi connectivity index (χ2n) is 7.05. The Morgan fingerprint density at radius 1 is 1.18 bits per heavy atom. The predicted octanol–water partition coefficient (Wildman–Crippen LogP) is 3.93. The number of carbonyl (C=O) groups is 1. The molecule has 3 heteroatoms. The highest BCUT2D eigenvalue weighted by molar-refractivity contribution is 5.80. The summed E-state index contributed by atoms with van der Waals surface area (Å²) in [5, 5.41) is 0. The molecule has 1 unspecified atom stereocenters. The first-order valence-corrected chi connectivity index (χ1v) is 8.35. The fourth-order valence-electron chi connectivity index (χ4n) is 3.22. The fourth-order valence-corrected chi connectivity index (χ4v) is 3.22. The summed E-state index contributed by atoms with van der Waals surface area (Å²) in [5.41, 5.74) is 3.88. The molecule has 3 rings (SSSR count). The van der Waals surface area contributed by atoms with Crippen LogP contribution in [0.1, 0.15) is 56.3 Å². The van der Waals surface area contributed by atoms with E-state index >= 15 is 0 Å². The summed E-state index contributed by atoms with van der Waals surface area (Å²) in [6, 6.07) is 4.65. The van der Waals surface area contributed by atoms with Gasteiger partial charge < -0.3 is 4.74 Å². The van der Waals surface area contributed by atoms with Crippen molar-refractivity contribution in [3.8, 4) is 5.75 Å². The van der Waals surface area contributed by atoms with E-state index in [1.807, 2.05) is 0 Å². The van der Waals surface area contributed by atoms with E-state index in [9.17, 15) is 4.79 Å². The summed E-state index contributed by atoms with van der Waals surface area (Å²) < 4.78 is 5.41. The van der Waals surface area contributed by atoms with E-state index < -0.39 is 0 Å². The van der Waals surface area contributed by atoms with Crippen molar-refractivity contribution in [2.45, 2.75) is 53.0 Å². The van der Waals surface area contributed by atoms with Crippen LogP contribution in [0, 0.1) is 12.8 Å². The molecule has 0 spiro atoms. The van der Waals surface area contributed by atoms with Crippen LogP contribution in [-0.4, -0.2) is 30.9 Å². The van der Waals surface area contributed by atoms with Gasteiger partial charge in [0.2, 0.25) is 0 Å². The van der Waals surface area contributed by atoms with Crippen LogP contribution in [0.25, 0.3) is 0 Å². The number of piperidine rings is 1. The molecule has 1 aromatic carbocycles. The number of benzene rings is 1. The van der Waals surface area contributed by atoms with Crippen molar-refractivity contribution < 1.29 is 9.53 Å². The van der Waals surface area contributed by atoms with Crippen molar-refractivity contribution >= 4 is 5.78 Å². The normalized spacial score (nSPS) is 20.8. The third-order valence-corrected chi connectivity index (χ3v) is 4.22. The lowest BCUT2D eigenvalue weighted by Gasteiger charge is -2.40. The van der Waals surface area contributed by atoms with Gasteiger partial charge >= 0.3 is 0 Å². The van der Waals surface area contributed by atoms with Crippen molar-refractivity contribution in [2.75, 3.05) is 20.2 Å². The molecule has 2 heterocycles. The third-order valence-electron chi connectivity index (χ3n) is 4.22. The molecule has 0 aromatic heterocycles. The van der Waals surface area contributed by atoms with Gasteiger partial charge in [-0.15, -0.1) is 0 Å². The van der Waals surface area contributed by atoms with E-state index in [-0.39, 0.29) is 6.04 Å². The maximum Gasteiger partial charge on any atom is 0.136 e. The first-order chi connectivity index (χ1) is 10.4. The topological polar surface area (TPSA) is 29.5 Å². The zero-order chi connectivity index (χ0) is 16.3. The number of aryl methyl sites for hydroxylation is 1. The molecule has 0 amide bonds. The van der Waals surface area contributed by atoms with Crippen LogP contribution >= 0.6 is 0 Å². The van der Waals surface area contributed by atoms with Gasteiger partial charge in [0.05, 0.1) is 7.11 Å². The molecule has 0 radical (unpaired) electrons. The van der Waals surface area contributed by atoms with Gasteiger partial charge in [-0.25, -0.2) is 0 Å². The highest BCUT2D eigenvalue weighted by Crippen LogP contribution is 2.38. The number of fused-ring (bicyclic) bond motifs is 3. The van der Waals surface area contributed by atoms with Crippen LogP contribution in [-0.2, 0) is 11.2 Å². The lowest BCUT2D eigenvalue weighted by atomic mass is 9.85. The van der Waals surface area contributed by atoms with Gasteiger partial charge in [-0.3, -0.25) is 9.69 Å². The van der Waals surface area contributed by atoms with Gasteiger partial charge in [0.1, 0.15) is 11.5 Å². The zero-order valence-corrected chi connectivity index (χ0v) is 14.6. The molecule has 3 nitrogen and oxygen atoms in total. The van der Waals surface area contributed by atoms with E-state index in [4.69, 9.17) is 4.74 Å². The van der Waals surface area contributed by atoms with E-state index in [0.717, 1.165) is 37.6 Å². The summed E-state index contributed by atoms with van der Waals surface area (Å²) in [4.78, 5) is 14.1. The molecule has 0 bridgehead atoms. The Balaban J connectivity index is 0.000000396. The number of ketones is 1. The standard InChI is InChI=1S/C15H19NO2.C4H10/c1-10-7-11-3-5-16-6-4-12(17)8-14(16)13(11)9-15(10)18-2;1-4(2)3/h7,9,14H,3-6,8H2,1-2H3;4H,1-3H3. The van der Waals surface area contributed by atoms with Crippen molar-refractivity contribution in [3.05, 3.63) is 28.8 Å². The van der Waals surface area contributed by atoms with Crippen LogP contribution in [0.4, 0.5) is 0 Å². The van der Waals surface area contributed by atoms with Crippen LogP contribution < -0.4 is 4.74 Å². The molecule has 1 fully saturated rings. The molecular weight excluding hydrogens is 274 g/mol. The summed E-state index contributed by atoms with van der Waals surface area (Å²) in [5.74, 6) is 2.16. The molecule has 122 valence electrons. The lowest BCUT2D eigenvalue weighted by molar-refractivity contribution is -0.123. The first kappa shape index (κ1) is 17.0. The number of hydrogen-bond donors (Lipinski definition) is 0. The van der Waals surface area contributed by atoms with E-state index in [1.165, 1.54) is 16.7 Å². The summed E-state index contributed by atoms with van der Waals surface area (Å²) in [6.07, 6.45) is 2.47. The monoisotopic (exact) mass is 303 g/mol. The van der Waals surface area contributed by atoms with Crippen LogP contribution in [0.15, 0.2) is 12.1 Å². The highest BCUT2D eigenvalue weighted by Gasteiger charge is 2.33. The number of Topliss-reactive ketones (excluding diaryl/α,β-unsaturated/α-hetero) is 1. The van der Waals surface area contributed by atoms with Gasteiger partial charge in [-0.05, 0) is 42.0 Å². The highest BCUT2D eigenvalue weighted by atomic mass is 16.5. The van der Waals surface area contributed by atoms with Crippen LogP contribution in [0.5, 0.6) is 5.75 Å². The summed E-state index contributed by atoms with van der Waals surface area (Å²) in [7, 11) is 1.71. The van der Waals surface area contributed by atoms with Gasteiger partial charge in [0, 0.05) is 32.0 Å². The van der Waals surface area contributed by atoms with Crippen LogP contribution in [0.2, 0.25) is 0 Å². The molecule has 1 saturated heterocycles. The van der Waals surface area contributed by atoms with Gasteiger partial charge in [0.15, 0.2) is 0 Å². The molecule has 1 atom stereocenters. The third kappa shape index (κ3) is 3.89. The number of rotatable bonds is 1. The first-order valence-electron chi connectivity index (χ1n) is 8.35. The molecule has 0 saturated carbocycles. The lowest BCUT2D eigenvalue weighted by Crippen LogP contribution is -2.41. The maximum atomic E-state index is 11.7. The minimum absolute atomic E-state index is 0.282. The molecule has 22 heavy (non-hydrogen) atoms. The Labute approximate surface area is 134 Å². The number of carbonyl (C=O) groups excluding carboxylic acids is 1. The second-order valence-corrected chi connectivity index (χ2v) is 7.05. The average molecular weight is 303 g/mol. The molecule has 0 aliphatic carbocycles. The largest absolute Gasteiger partial charge is 0.496 e. The number of nitrogens with zero attached hydrogens (tertiary/aromatic N) is 1. The van der Waals surface area contributed by atoms with Crippen molar-refractivity contribution in [1.82, 2.24) is 4.90 Å². The van der Waals surface area contributed by atoms with Crippen molar-refractivity contribution in [3.63, 3.8) is 0 Å². The summed E-state index contributed by atoms with van der Waals surface area (Å²) in [6.45, 7) is 10.6.